The summed E-state index contributed by atoms with van der Waals surface area (Å²) in [5.74, 6) is 0.332. The first-order valence-corrected chi connectivity index (χ1v) is 20.9. The quantitative estimate of drug-likeness (QED) is 0.116. The van der Waals surface area contributed by atoms with Crippen molar-refractivity contribution in [2.75, 3.05) is 16.9 Å². The lowest BCUT2D eigenvalue weighted by molar-refractivity contribution is -0.114. The van der Waals surface area contributed by atoms with Crippen LogP contribution >= 0.6 is 23.5 Å². The van der Waals surface area contributed by atoms with Crippen LogP contribution in [0.15, 0.2) is 178 Å². The van der Waals surface area contributed by atoms with Gasteiger partial charge in [-0.15, -0.1) is 0 Å². The Morgan fingerprint density at radius 1 is 0.583 bits per heavy atom. The van der Waals surface area contributed by atoms with Crippen LogP contribution in [-0.2, 0) is 40.7 Å². The van der Waals surface area contributed by atoms with Gasteiger partial charge in [-0.3, -0.25) is 24.4 Å². The van der Waals surface area contributed by atoms with E-state index in [2.05, 4.69) is 0 Å². The van der Waals surface area contributed by atoms with Gasteiger partial charge in [0.15, 0.2) is 10.3 Å². The van der Waals surface area contributed by atoms with Crippen LogP contribution < -0.4 is 14.5 Å². The van der Waals surface area contributed by atoms with Crippen molar-refractivity contribution in [2.24, 2.45) is 9.98 Å². The molecule has 2 aliphatic heterocycles. The van der Waals surface area contributed by atoms with Crippen LogP contribution in [0.1, 0.15) is 33.4 Å². The van der Waals surface area contributed by atoms with E-state index in [1.54, 1.807) is 16.9 Å². The number of hydrogen-bond acceptors (Lipinski definition) is 9. The Kier molecular flexibility index (Phi) is 12.8. The number of aliphatic imine (C=N–C) groups is 2. The van der Waals surface area contributed by atoms with Crippen LogP contribution in [0.25, 0.3) is 12.2 Å². The Hall–Kier alpha value is -6.50. The zero-order valence-corrected chi connectivity index (χ0v) is 34.3. The highest BCUT2D eigenvalue weighted by molar-refractivity contribution is 8.19. The average Bonchev–Trinajstić information content (AvgIpc) is 3.76. The molecule has 1 N–H and O–H groups in total. The topological polar surface area (TPSA) is 104 Å². The molecule has 2 amide bonds. The van der Waals surface area contributed by atoms with Gasteiger partial charge >= 0.3 is 0 Å². The van der Waals surface area contributed by atoms with E-state index in [1.165, 1.54) is 23.5 Å². The van der Waals surface area contributed by atoms with Gasteiger partial charge in [0.2, 0.25) is 0 Å². The van der Waals surface area contributed by atoms with Gasteiger partial charge in [-0.25, -0.2) is 4.99 Å². The minimum absolute atomic E-state index is 0.0430. The number of para-hydroxylation sites is 1. The van der Waals surface area contributed by atoms with E-state index in [0.717, 1.165) is 39.1 Å². The number of rotatable bonds is 13. The smallest absolute Gasteiger partial charge is 0.271 e. The molecule has 0 unspecified atom stereocenters. The van der Waals surface area contributed by atoms with Gasteiger partial charge in [0.25, 0.3) is 11.8 Å². The molecule has 0 bridgehead atoms. The monoisotopic (exact) mass is 828 g/mol. The summed E-state index contributed by atoms with van der Waals surface area (Å²) in [7, 11) is 1.66. The molecule has 0 spiro atoms. The second-order valence-electron chi connectivity index (χ2n) is 13.8. The number of amidine groups is 2. The molecular formula is C49H40N4O5S2. The number of aliphatic hydroxyl groups is 1. The number of hydrogen-bond donors (Lipinski definition) is 1. The van der Waals surface area contributed by atoms with E-state index in [-0.39, 0.29) is 25.0 Å². The number of aliphatic hydroxyl groups excluding tert-OH is 1. The van der Waals surface area contributed by atoms with Crippen molar-refractivity contribution in [3.63, 3.8) is 0 Å². The third kappa shape index (κ3) is 9.68. The maximum atomic E-state index is 14.1. The summed E-state index contributed by atoms with van der Waals surface area (Å²) in [4.78, 5) is 42.0. The molecule has 9 nitrogen and oxygen atoms in total. The van der Waals surface area contributed by atoms with Gasteiger partial charge in [-0.05, 0) is 124 Å². The molecule has 2 saturated heterocycles. The van der Waals surface area contributed by atoms with Crippen LogP contribution in [0.3, 0.4) is 0 Å². The van der Waals surface area contributed by atoms with Crippen LogP contribution in [0.5, 0.6) is 5.75 Å². The first-order valence-electron chi connectivity index (χ1n) is 19.2. The van der Waals surface area contributed by atoms with Crippen molar-refractivity contribution in [2.45, 2.75) is 26.4 Å². The van der Waals surface area contributed by atoms with Gasteiger partial charge in [0, 0.05) is 7.11 Å². The molecule has 8 rings (SSSR count). The van der Waals surface area contributed by atoms with Crippen molar-refractivity contribution >= 4 is 74.9 Å². The zero-order chi connectivity index (χ0) is 41.3. The van der Waals surface area contributed by atoms with Crippen LogP contribution in [0.4, 0.5) is 17.1 Å². The lowest BCUT2D eigenvalue weighted by Crippen LogP contribution is -2.29. The fraction of sp³-hybridized carbons (Fsp3) is 0.102. The molecule has 298 valence electrons. The number of ether oxygens (including phenoxy) is 2. The summed E-state index contributed by atoms with van der Waals surface area (Å²) in [5.41, 5.74) is 7.61. The lowest BCUT2D eigenvalue weighted by atomic mass is 10.1. The van der Waals surface area contributed by atoms with E-state index in [0.29, 0.717) is 50.4 Å². The van der Waals surface area contributed by atoms with Crippen LogP contribution in [0, 0.1) is 0 Å². The van der Waals surface area contributed by atoms with Crippen molar-refractivity contribution in [3.05, 3.63) is 201 Å². The van der Waals surface area contributed by atoms with Gasteiger partial charge in [-0.1, -0.05) is 103 Å². The molecule has 2 heterocycles. The molecule has 0 aromatic heterocycles. The van der Waals surface area contributed by atoms with E-state index in [4.69, 9.17) is 19.5 Å². The summed E-state index contributed by atoms with van der Waals surface area (Å²) in [5, 5.41) is 10.6. The van der Waals surface area contributed by atoms with Crippen molar-refractivity contribution in [1.82, 2.24) is 0 Å². The number of nitrogens with zero attached hydrogens (tertiary/aromatic N) is 4. The minimum atomic E-state index is -0.165. The van der Waals surface area contributed by atoms with Crippen molar-refractivity contribution in [1.29, 1.82) is 0 Å². The van der Waals surface area contributed by atoms with E-state index in [9.17, 15) is 14.7 Å². The van der Waals surface area contributed by atoms with Crippen molar-refractivity contribution in [3.8, 4) is 5.75 Å². The van der Waals surface area contributed by atoms with Gasteiger partial charge in [-0.2, -0.15) is 0 Å². The Labute approximate surface area is 357 Å². The second kappa shape index (κ2) is 19.0. The molecule has 6 aromatic carbocycles. The fourth-order valence-electron chi connectivity index (χ4n) is 6.54. The number of carbonyl (C=O) groups is 2. The number of benzene rings is 6. The summed E-state index contributed by atoms with van der Waals surface area (Å²) in [6, 6.07) is 50.0. The first-order chi connectivity index (χ1) is 29.4. The number of thioether (sulfide) groups is 2. The summed E-state index contributed by atoms with van der Waals surface area (Å²) >= 11 is 2.67. The average molecular weight is 829 g/mol. The molecule has 11 heteroatoms. The highest BCUT2D eigenvalue weighted by atomic mass is 32.2. The van der Waals surface area contributed by atoms with Gasteiger partial charge in [0.05, 0.1) is 46.6 Å². The second-order valence-corrected chi connectivity index (χ2v) is 15.9. The van der Waals surface area contributed by atoms with Gasteiger partial charge < -0.3 is 14.6 Å². The third-order valence-corrected chi connectivity index (χ3v) is 11.5. The third-order valence-electron chi connectivity index (χ3n) is 9.52. The normalized spacial score (nSPS) is 16.8. The van der Waals surface area contributed by atoms with Crippen molar-refractivity contribution < 1.29 is 24.2 Å². The molecule has 0 atom stereocenters. The Morgan fingerprint density at radius 2 is 1.18 bits per heavy atom. The van der Waals surface area contributed by atoms with E-state index < -0.39 is 0 Å². The number of amides is 2. The molecule has 0 saturated carbocycles. The number of anilines is 2. The first kappa shape index (κ1) is 40.3. The Balaban J connectivity index is 0.993. The maximum Gasteiger partial charge on any atom is 0.271 e. The predicted octanol–water partition coefficient (Wildman–Crippen LogP) is 10.4. The molecule has 2 aliphatic rings. The molecule has 6 aromatic rings. The summed E-state index contributed by atoms with van der Waals surface area (Å²) in [6.45, 7) is 1.14. The van der Waals surface area contributed by atoms with Crippen LogP contribution in [-0.4, -0.2) is 34.4 Å². The number of methoxy groups -OCH3 is 1. The molecule has 60 heavy (non-hydrogen) atoms. The highest BCUT2D eigenvalue weighted by Gasteiger charge is 2.36. The SMILES string of the molecule is COCc1cccc(/C=C2\S/C(=N\Cc3ccccc3)N(c3cccc(COc4ccc(/N=C5\S/C(=C\c6ccc(CO)cc6)C(=O)N5c5ccccc5)cc4)c3)C2=O)c1. The summed E-state index contributed by atoms with van der Waals surface area (Å²) < 4.78 is 11.5. The Morgan fingerprint density at radius 3 is 1.88 bits per heavy atom. The maximum absolute atomic E-state index is 14.1. The Bertz CT molecular complexity index is 2610. The number of carbonyl (C=O) groups excluding carboxylic acids is 2. The van der Waals surface area contributed by atoms with E-state index in [1.807, 2.05) is 170 Å². The van der Waals surface area contributed by atoms with Crippen LogP contribution in [0.2, 0.25) is 0 Å². The lowest BCUT2D eigenvalue weighted by Gasteiger charge is -2.17. The standard InChI is InChI=1S/C49H40N4O5S2/c1-57-32-38-13-8-12-37(26-38)29-45-47(56)53(48(59-45)50-30-35-10-4-2-5-11-35)42-17-9-14-39(27-42)33-58-43-24-22-40(23-25-43)51-49-52(41-15-6-3-7-16-41)46(55)44(60-49)28-34-18-20-36(31-54)21-19-34/h2-29,54H,30-33H2,1H3/b44-28-,45-29-,50-48-,51-49-. The van der Waals surface area contributed by atoms with E-state index >= 15 is 0 Å². The highest BCUT2D eigenvalue weighted by Crippen LogP contribution is 2.39. The molecule has 0 radical (unpaired) electrons. The fourth-order valence-corrected chi connectivity index (χ4v) is 8.52. The molecule has 0 aliphatic carbocycles. The molecule has 2 fully saturated rings. The van der Waals surface area contributed by atoms with Gasteiger partial charge in [0.1, 0.15) is 12.4 Å². The minimum Gasteiger partial charge on any atom is -0.489 e. The largest absolute Gasteiger partial charge is 0.489 e. The molecular weight excluding hydrogens is 789 g/mol. The summed E-state index contributed by atoms with van der Waals surface area (Å²) in [6.07, 6.45) is 3.75. The predicted molar refractivity (Wildman–Crippen MR) is 244 cm³/mol. The zero-order valence-electron chi connectivity index (χ0n) is 32.7.